The molecule has 8 heteroatoms. The lowest BCUT2D eigenvalue weighted by atomic mass is 10.2. The molecule has 0 bridgehead atoms. The molecule has 0 aliphatic carbocycles. The molecule has 1 aromatic carbocycles. The van der Waals surface area contributed by atoms with Crippen molar-refractivity contribution >= 4 is 68.5 Å². The third kappa shape index (κ3) is 3.45. The van der Waals surface area contributed by atoms with Crippen molar-refractivity contribution in [2.24, 2.45) is 0 Å². The van der Waals surface area contributed by atoms with Crippen molar-refractivity contribution in [3.63, 3.8) is 0 Å². The zero-order valence-electron chi connectivity index (χ0n) is 10.8. The van der Waals surface area contributed by atoms with E-state index in [1.165, 1.54) is 28.7 Å². The van der Waals surface area contributed by atoms with E-state index < -0.39 is 0 Å². The normalized spacial score (nSPS) is 10.7. The molecule has 3 nitrogen and oxygen atoms in total. The Morgan fingerprint density at radius 1 is 1.14 bits per heavy atom. The van der Waals surface area contributed by atoms with Gasteiger partial charge in [-0.3, -0.25) is 10.1 Å². The highest BCUT2D eigenvalue weighted by Crippen LogP contribution is 2.33. The third-order valence-corrected chi connectivity index (χ3v) is 5.30. The largest absolute Gasteiger partial charge is 0.298 e. The maximum absolute atomic E-state index is 12.2. The minimum atomic E-state index is -0.349. The van der Waals surface area contributed by atoms with Crippen molar-refractivity contribution in [2.75, 3.05) is 5.32 Å². The van der Waals surface area contributed by atoms with Crippen molar-refractivity contribution < 1.29 is 4.79 Å². The highest BCUT2D eigenvalue weighted by atomic mass is 35.5. The Balaban J connectivity index is 1.80. The van der Waals surface area contributed by atoms with Crippen molar-refractivity contribution in [3.05, 3.63) is 55.7 Å². The number of benzene rings is 1. The molecule has 0 unspecified atom stereocenters. The van der Waals surface area contributed by atoms with Gasteiger partial charge in [0, 0.05) is 10.4 Å². The van der Waals surface area contributed by atoms with Gasteiger partial charge in [0.05, 0.1) is 25.5 Å². The number of thiazole rings is 1. The summed E-state index contributed by atoms with van der Waals surface area (Å²) >= 11 is 20.6. The molecule has 1 amide bonds. The molecule has 0 aliphatic heterocycles. The van der Waals surface area contributed by atoms with Crippen LogP contribution in [0.3, 0.4) is 0 Å². The lowest BCUT2D eigenvalue weighted by molar-refractivity contribution is 0.102. The molecule has 3 rings (SSSR count). The van der Waals surface area contributed by atoms with Crippen LogP contribution in [0, 0.1) is 0 Å². The number of hydrogen-bond acceptors (Lipinski definition) is 4. The van der Waals surface area contributed by atoms with Crippen LogP contribution in [0.1, 0.15) is 10.4 Å². The summed E-state index contributed by atoms with van der Waals surface area (Å²) in [5, 5.41) is 5.85. The SMILES string of the molecule is O=C(Nc1nc(-c2ccc(Cl)s2)cs1)c1cc(Cl)ccc1Cl. The Bertz CT molecular complexity index is 844. The van der Waals surface area contributed by atoms with Crippen LogP contribution in [0.25, 0.3) is 10.6 Å². The lowest BCUT2D eigenvalue weighted by Gasteiger charge is -2.04. The molecular formula is C14H7Cl3N2OS2. The van der Waals surface area contributed by atoms with Gasteiger partial charge in [0.15, 0.2) is 5.13 Å². The van der Waals surface area contributed by atoms with Crippen LogP contribution in [0.2, 0.25) is 14.4 Å². The number of halogens is 3. The number of anilines is 1. The maximum Gasteiger partial charge on any atom is 0.259 e. The molecule has 0 saturated carbocycles. The highest BCUT2D eigenvalue weighted by Gasteiger charge is 2.14. The fourth-order valence-corrected chi connectivity index (χ4v) is 3.89. The second-order valence-corrected chi connectivity index (χ2v) is 7.64. The number of aromatic nitrogens is 1. The average Bonchev–Trinajstić information content (AvgIpc) is 3.10. The molecule has 0 aliphatic rings. The number of nitrogens with one attached hydrogen (secondary N) is 1. The van der Waals surface area contributed by atoms with Gasteiger partial charge in [0.2, 0.25) is 0 Å². The first-order chi connectivity index (χ1) is 10.5. The molecule has 2 heterocycles. The molecule has 0 radical (unpaired) electrons. The Hall–Kier alpha value is -1.11. The van der Waals surface area contributed by atoms with E-state index in [0.29, 0.717) is 25.1 Å². The van der Waals surface area contributed by atoms with Crippen LogP contribution in [-0.2, 0) is 0 Å². The van der Waals surface area contributed by atoms with Crippen molar-refractivity contribution in [3.8, 4) is 10.6 Å². The number of carbonyl (C=O) groups excluding carboxylic acids is 1. The minimum absolute atomic E-state index is 0.310. The highest BCUT2D eigenvalue weighted by molar-refractivity contribution is 7.20. The van der Waals surface area contributed by atoms with E-state index in [-0.39, 0.29) is 5.91 Å². The number of nitrogens with zero attached hydrogens (tertiary/aromatic N) is 1. The van der Waals surface area contributed by atoms with E-state index in [2.05, 4.69) is 10.3 Å². The standard InChI is InChI=1S/C14H7Cl3N2OS2/c15-7-1-2-9(16)8(5-7)13(20)19-14-18-10(6-21-14)11-3-4-12(17)22-11/h1-6H,(H,18,19,20). The van der Waals surface area contributed by atoms with Gasteiger partial charge in [0.1, 0.15) is 0 Å². The van der Waals surface area contributed by atoms with E-state index in [4.69, 9.17) is 34.8 Å². The molecule has 112 valence electrons. The maximum atomic E-state index is 12.2. The van der Waals surface area contributed by atoms with Gasteiger partial charge in [-0.05, 0) is 30.3 Å². The van der Waals surface area contributed by atoms with Crippen LogP contribution in [0.4, 0.5) is 5.13 Å². The molecule has 0 atom stereocenters. The summed E-state index contributed by atoms with van der Waals surface area (Å²) in [6.07, 6.45) is 0. The molecule has 3 aromatic rings. The van der Waals surface area contributed by atoms with E-state index in [0.717, 1.165) is 10.6 Å². The first-order valence-electron chi connectivity index (χ1n) is 6.00. The van der Waals surface area contributed by atoms with Gasteiger partial charge in [0.25, 0.3) is 5.91 Å². The van der Waals surface area contributed by atoms with E-state index in [9.17, 15) is 4.79 Å². The quantitative estimate of drug-likeness (QED) is 0.589. The fourth-order valence-electron chi connectivity index (χ4n) is 1.73. The smallest absolute Gasteiger partial charge is 0.259 e. The van der Waals surface area contributed by atoms with Gasteiger partial charge in [-0.25, -0.2) is 4.98 Å². The Morgan fingerprint density at radius 2 is 1.95 bits per heavy atom. The van der Waals surface area contributed by atoms with E-state index >= 15 is 0 Å². The molecule has 2 aromatic heterocycles. The lowest BCUT2D eigenvalue weighted by Crippen LogP contribution is -2.12. The van der Waals surface area contributed by atoms with Crippen LogP contribution in [-0.4, -0.2) is 10.9 Å². The number of hydrogen-bond donors (Lipinski definition) is 1. The fraction of sp³-hybridized carbons (Fsp3) is 0. The Kier molecular flexibility index (Phi) is 4.70. The summed E-state index contributed by atoms with van der Waals surface area (Å²) in [7, 11) is 0. The van der Waals surface area contributed by atoms with E-state index in [1.807, 2.05) is 17.5 Å². The number of carbonyl (C=O) groups is 1. The summed E-state index contributed by atoms with van der Waals surface area (Å²) in [6.45, 7) is 0. The van der Waals surface area contributed by atoms with Gasteiger partial charge in [-0.2, -0.15) is 0 Å². The van der Waals surface area contributed by atoms with Crippen LogP contribution >= 0.6 is 57.5 Å². The second-order valence-electron chi connectivity index (χ2n) is 4.22. The van der Waals surface area contributed by atoms with Gasteiger partial charge in [-0.1, -0.05) is 34.8 Å². The summed E-state index contributed by atoms with van der Waals surface area (Å²) in [6, 6.07) is 8.43. The molecular weight excluding hydrogens is 383 g/mol. The summed E-state index contributed by atoms with van der Waals surface area (Å²) in [5.41, 5.74) is 1.08. The van der Waals surface area contributed by atoms with Gasteiger partial charge in [-0.15, -0.1) is 22.7 Å². The second kappa shape index (κ2) is 6.56. The number of rotatable bonds is 3. The van der Waals surface area contributed by atoms with Crippen LogP contribution in [0.5, 0.6) is 0 Å². The predicted molar refractivity (Wildman–Crippen MR) is 94.9 cm³/mol. The topological polar surface area (TPSA) is 42.0 Å². The molecule has 0 fully saturated rings. The van der Waals surface area contributed by atoms with Crippen molar-refractivity contribution in [2.45, 2.75) is 0 Å². The zero-order valence-corrected chi connectivity index (χ0v) is 14.7. The van der Waals surface area contributed by atoms with Crippen LogP contribution < -0.4 is 5.32 Å². The molecule has 22 heavy (non-hydrogen) atoms. The van der Waals surface area contributed by atoms with Gasteiger partial charge >= 0.3 is 0 Å². The molecule has 1 N–H and O–H groups in total. The minimum Gasteiger partial charge on any atom is -0.298 e. The predicted octanol–water partition coefficient (Wildman–Crippen LogP) is 6.08. The van der Waals surface area contributed by atoms with Crippen molar-refractivity contribution in [1.82, 2.24) is 4.98 Å². The van der Waals surface area contributed by atoms with Gasteiger partial charge < -0.3 is 0 Å². The first kappa shape index (κ1) is 15.8. The molecule has 0 saturated heterocycles. The Labute approximate surface area is 149 Å². The van der Waals surface area contributed by atoms with Crippen molar-refractivity contribution in [1.29, 1.82) is 0 Å². The van der Waals surface area contributed by atoms with Crippen LogP contribution in [0.15, 0.2) is 35.7 Å². The van der Waals surface area contributed by atoms with E-state index in [1.54, 1.807) is 12.1 Å². The Morgan fingerprint density at radius 3 is 2.68 bits per heavy atom. The number of amides is 1. The third-order valence-electron chi connectivity index (χ3n) is 2.72. The number of thiophene rings is 1. The summed E-state index contributed by atoms with van der Waals surface area (Å²) < 4.78 is 0.694. The summed E-state index contributed by atoms with van der Waals surface area (Å²) in [4.78, 5) is 17.6. The monoisotopic (exact) mass is 388 g/mol. The zero-order chi connectivity index (χ0) is 15.7. The average molecular weight is 390 g/mol. The summed E-state index contributed by atoms with van der Waals surface area (Å²) in [5.74, 6) is -0.349. The molecule has 0 spiro atoms. The first-order valence-corrected chi connectivity index (χ1v) is 8.83.